The molecule has 2 aromatic heterocycles. The molecule has 1 amide bonds. The Labute approximate surface area is 151 Å². The molecule has 0 spiro atoms. The second kappa shape index (κ2) is 8.57. The Bertz CT molecular complexity index is 871. The Morgan fingerprint density at radius 3 is 2.73 bits per heavy atom. The highest BCUT2D eigenvalue weighted by Crippen LogP contribution is 2.26. The highest BCUT2D eigenvalue weighted by atomic mass is 16.5. The molecule has 2 heterocycles. The molecule has 1 aromatic carbocycles. The molecule has 3 rings (SSSR count). The highest BCUT2D eigenvalue weighted by molar-refractivity contribution is 5.93. The van der Waals surface area contributed by atoms with Gasteiger partial charge in [0.05, 0.1) is 12.3 Å². The van der Waals surface area contributed by atoms with E-state index in [1.807, 2.05) is 43.3 Å². The summed E-state index contributed by atoms with van der Waals surface area (Å²) in [6.45, 7) is 2.89. The summed E-state index contributed by atoms with van der Waals surface area (Å²) < 4.78 is 5.58. The number of aromatic nitrogens is 3. The predicted octanol–water partition coefficient (Wildman–Crippen LogP) is 2.94. The number of hydrogen-bond acceptors (Lipinski definition) is 6. The van der Waals surface area contributed by atoms with E-state index in [-0.39, 0.29) is 11.6 Å². The van der Waals surface area contributed by atoms with Gasteiger partial charge >= 0.3 is 0 Å². The predicted molar refractivity (Wildman–Crippen MR) is 98.3 cm³/mol. The molecule has 0 atom stereocenters. The summed E-state index contributed by atoms with van der Waals surface area (Å²) in [5.74, 6) is 0.962. The van der Waals surface area contributed by atoms with Crippen LogP contribution in [-0.4, -0.2) is 27.5 Å². The van der Waals surface area contributed by atoms with Crippen molar-refractivity contribution < 1.29 is 9.53 Å². The van der Waals surface area contributed by atoms with Crippen LogP contribution in [0, 0.1) is 0 Å². The Morgan fingerprint density at radius 1 is 1.12 bits per heavy atom. The van der Waals surface area contributed by atoms with Gasteiger partial charge in [0.25, 0.3) is 5.91 Å². The summed E-state index contributed by atoms with van der Waals surface area (Å²) in [6.07, 6.45) is 4.72. The number of anilines is 2. The molecule has 0 saturated carbocycles. The molecule has 0 unspecified atom stereocenters. The van der Waals surface area contributed by atoms with Crippen molar-refractivity contribution in [2.24, 2.45) is 0 Å². The molecule has 0 bridgehead atoms. The van der Waals surface area contributed by atoms with Crippen molar-refractivity contribution in [3.05, 3.63) is 72.4 Å². The van der Waals surface area contributed by atoms with Gasteiger partial charge in [-0.25, -0.2) is 9.97 Å². The van der Waals surface area contributed by atoms with Gasteiger partial charge in [0.2, 0.25) is 0 Å². The maximum Gasteiger partial charge on any atom is 0.270 e. The zero-order valence-electron chi connectivity index (χ0n) is 14.3. The summed E-state index contributed by atoms with van der Waals surface area (Å²) in [5, 5.41) is 5.99. The van der Waals surface area contributed by atoms with Crippen molar-refractivity contribution in [3.63, 3.8) is 0 Å². The molecule has 132 valence electrons. The SMILES string of the molecule is CCOc1ccccc1Nc1cc(C(=O)NCc2ccncc2)ncn1. The number of benzene rings is 1. The van der Waals surface area contributed by atoms with E-state index in [9.17, 15) is 4.79 Å². The van der Waals surface area contributed by atoms with Gasteiger partial charge in [-0.2, -0.15) is 0 Å². The Morgan fingerprint density at radius 2 is 1.92 bits per heavy atom. The molecular weight excluding hydrogens is 330 g/mol. The van der Waals surface area contributed by atoms with Gasteiger partial charge in [-0.3, -0.25) is 9.78 Å². The summed E-state index contributed by atoms with van der Waals surface area (Å²) in [7, 11) is 0. The third-order valence-corrected chi connectivity index (χ3v) is 3.55. The normalized spacial score (nSPS) is 10.2. The molecule has 0 saturated heterocycles. The van der Waals surface area contributed by atoms with Crippen LogP contribution in [0.5, 0.6) is 5.75 Å². The summed E-state index contributed by atoms with van der Waals surface area (Å²) >= 11 is 0. The minimum absolute atomic E-state index is 0.273. The average Bonchev–Trinajstić information content (AvgIpc) is 2.69. The quantitative estimate of drug-likeness (QED) is 0.682. The van der Waals surface area contributed by atoms with E-state index in [4.69, 9.17) is 4.74 Å². The molecule has 0 aliphatic carbocycles. The van der Waals surface area contributed by atoms with Crippen molar-refractivity contribution >= 4 is 17.4 Å². The highest BCUT2D eigenvalue weighted by Gasteiger charge is 2.10. The zero-order valence-corrected chi connectivity index (χ0v) is 14.3. The van der Waals surface area contributed by atoms with E-state index in [0.29, 0.717) is 19.0 Å². The Kier molecular flexibility index (Phi) is 5.72. The Hall–Kier alpha value is -3.48. The number of ether oxygens (including phenoxy) is 1. The molecule has 3 aromatic rings. The maximum absolute atomic E-state index is 12.3. The molecule has 0 aliphatic heterocycles. The van der Waals surface area contributed by atoms with Crippen LogP contribution in [0.2, 0.25) is 0 Å². The van der Waals surface area contributed by atoms with Crippen LogP contribution in [0.4, 0.5) is 11.5 Å². The monoisotopic (exact) mass is 349 g/mol. The number of nitrogens with one attached hydrogen (secondary N) is 2. The number of nitrogens with zero attached hydrogens (tertiary/aromatic N) is 3. The average molecular weight is 349 g/mol. The van der Waals surface area contributed by atoms with Gasteiger partial charge in [0.1, 0.15) is 23.6 Å². The van der Waals surface area contributed by atoms with Crippen LogP contribution >= 0.6 is 0 Å². The van der Waals surface area contributed by atoms with Gasteiger partial charge in [-0.1, -0.05) is 12.1 Å². The number of carbonyl (C=O) groups excluding carboxylic acids is 1. The second-order valence-electron chi connectivity index (χ2n) is 5.38. The first-order valence-electron chi connectivity index (χ1n) is 8.24. The maximum atomic E-state index is 12.3. The molecular formula is C19H19N5O2. The molecule has 0 aliphatic rings. The minimum atomic E-state index is -0.273. The largest absolute Gasteiger partial charge is 0.492 e. The first kappa shape index (κ1) is 17.3. The topological polar surface area (TPSA) is 89.0 Å². The van der Waals surface area contributed by atoms with Crippen molar-refractivity contribution in [3.8, 4) is 5.75 Å². The molecule has 2 N–H and O–H groups in total. The third-order valence-electron chi connectivity index (χ3n) is 3.55. The lowest BCUT2D eigenvalue weighted by molar-refractivity contribution is 0.0946. The van der Waals surface area contributed by atoms with Crippen LogP contribution in [0.25, 0.3) is 0 Å². The molecule has 0 fully saturated rings. The number of carbonyl (C=O) groups is 1. The van der Waals surface area contributed by atoms with Crippen LogP contribution in [0.1, 0.15) is 23.0 Å². The summed E-state index contributed by atoms with van der Waals surface area (Å²) in [5.41, 5.74) is 2.02. The first-order valence-corrected chi connectivity index (χ1v) is 8.24. The van der Waals surface area contributed by atoms with Crippen molar-refractivity contribution in [2.45, 2.75) is 13.5 Å². The Balaban J connectivity index is 1.69. The van der Waals surface area contributed by atoms with Crippen molar-refractivity contribution in [1.82, 2.24) is 20.3 Å². The fourth-order valence-corrected chi connectivity index (χ4v) is 2.31. The lowest BCUT2D eigenvalue weighted by Gasteiger charge is -2.12. The van der Waals surface area contributed by atoms with E-state index in [0.717, 1.165) is 17.0 Å². The smallest absolute Gasteiger partial charge is 0.270 e. The third kappa shape index (κ3) is 4.54. The molecule has 7 heteroatoms. The zero-order chi connectivity index (χ0) is 18.2. The number of hydrogen-bond donors (Lipinski definition) is 2. The first-order chi connectivity index (χ1) is 12.8. The van der Waals surface area contributed by atoms with E-state index < -0.39 is 0 Å². The van der Waals surface area contributed by atoms with Crippen molar-refractivity contribution in [1.29, 1.82) is 0 Å². The van der Waals surface area contributed by atoms with Crippen LogP contribution < -0.4 is 15.4 Å². The number of rotatable bonds is 7. The molecule has 26 heavy (non-hydrogen) atoms. The van der Waals surface area contributed by atoms with Gasteiger partial charge < -0.3 is 15.4 Å². The molecule has 0 radical (unpaired) electrons. The van der Waals surface area contributed by atoms with E-state index in [1.165, 1.54) is 6.33 Å². The summed E-state index contributed by atoms with van der Waals surface area (Å²) in [6, 6.07) is 12.8. The molecule has 7 nitrogen and oxygen atoms in total. The van der Waals surface area contributed by atoms with Crippen molar-refractivity contribution in [2.75, 3.05) is 11.9 Å². The van der Waals surface area contributed by atoms with E-state index in [1.54, 1.807) is 18.5 Å². The lowest BCUT2D eigenvalue weighted by Crippen LogP contribution is -2.24. The standard InChI is InChI=1S/C19H19N5O2/c1-2-26-17-6-4-3-5-15(17)24-18-11-16(22-13-23-18)19(25)21-12-14-7-9-20-10-8-14/h3-11,13H,2,12H2,1H3,(H,21,25)(H,22,23,24). The van der Waals surface area contributed by atoms with Gasteiger partial charge in [-0.15, -0.1) is 0 Å². The van der Waals surface area contributed by atoms with Crippen LogP contribution in [0.15, 0.2) is 61.2 Å². The number of para-hydroxylation sites is 2. The van der Waals surface area contributed by atoms with Crippen LogP contribution in [0.3, 0.4) is 0 Å². The minimum Gasteiger partial charge on any atom is -0.492 e. The second-order valence-corrected chi connectivity index (χ2v) is 5.38. The van der Waals surface area contributed by atoms with E-state index in [2.05, 4.69) is 25.6 Å². The number of pyridine rings is 1. The number of amides is 1. The fourth-order valence-electron chi connectivity index (χ4n) is 2.31. The van der Waals surface area contributed by atoms with Gasteiger partial charge in [-0.05, 0) is 36.8 Å². The van der Waals surface area contributed by atoms with Gasteiger partial charge in [0, 0.05) is 25.0 Å². The summed E-state index contributed by atoms with van der Waals surface area (Å²) in [4.78, 5) is 24.5. The fraction of sp³-hybridized carbons (Fsp3) is 0.158. The lowest BCUT2D eigenvalue weighted by atomic mass is 10.2. The van der Waals surface area contributed by atoms with Crippen LogP contribution in [-0.2, 0) is 6.54 Å². The van der Waals surface area contributed by atoms with Gasteiger partial charge in [0.15, 0.2) is 0 Å². The van der Waals surface area contributed by atoms with E-state index >= 15 is 0 Å².